The second-order valence-electron chi connectivity index (χ2n) is 26.1. The van der Waals surface area contributed by atoms with Crippen LogP contribution in [0.5, 0.6) is 0 Å². The minimum atomic E-state index is -5.88. The number of piperazine rings is 1. The number of ether oxygens (including phenoxy) is 1. The molecule has 0 radical (unpaired) electrons. The summed E-state index contributed by atoms with van der Waals surface area (Å²) >= 11 is 2.47. The zero-order chi connectivity index (χ0) is 67.0. The summed E-state index contributed by atoms with van der Waals surface area (Å²) < 4.78 is 47.3. The number of fused-ring (bicyclic) bond motifs is 1. The number of hydrogen-bond acceptors (Lipinski definition) is 14. The summed E-state index contributed by atoms with van der Waals surface area (Å²) in [7, 11) is -5.88. The molecule has 2 aromatic heterocycles. The molecule has 4 unspecified atom stereocenters. The second kappa shape index (κ2) is 29.9. The summed E-state index contributed by atoms with van der Waals surface area (Å²) in [5, 5.41) is 22.4. The van der Waals surface area contributed by atoms with Crippen LogP contribution in [0.15, 0.2) is 84.4 Å². The Balaban J connectivity index is 0.810. The summed E-state index contributed by atoms with van der Waals surface area (Å²) in [6, 6.07) is 16.6. The van der Waals surface area contributed by atoms with E-state index in [1.165, 1.54) is 26.8 Å². The first-order valence-electron chi connectivity index (χ1n) is 31.0. The van der Waals surface area contributed by atoms with Crippen molar-refractivity contribution in [3.8, 4) is 10.4 Å². The van der Waals surface area contributed by atoms with Crippen LogP contribution in [0.2, 0.25) is 0 Å². The third-order valence-electron chi connectivity index (χ3n) is 17.0. The number of halogens is 2. The number of aromatic nitrogens is 1. The smallest absolute Gasteiger partial charge is 0.391 e. The second-order valence-corrected chi connectivity index (χ2v) is 29.7. The van der Waals surface area contributed by atoms with Gasteiger partial charge >= 0.3 is 13.3 Å². The van der Waals surface area contributed by atoms with E-state index in [1.54, 1.807) is 42.5 Å². The van der Waals surface area contributed by atoms with Crippen molar-refractivity contribution in [2.24, 2.45) is 10.8 Å². The lowest BCUT2D eigenvalue weighted by molar-refractivity contribution is -0.158. The third-order valence-corrected chi connectivity index (χ3v) is 20.0. The molecule has 7 N–H and O–H groups in total. The van der Waals surface area contributed by atoms with Gasteiger partial charge < -0.3 is 60.5 Å². The number of benzene rings is 3. The molecule has 8 amide bonds. The molecule has 3 saturated heterocycles. The Morgan fingerprint density at radius 1 is 0.750 bits per heavy atom. The number of nitrogens with one attached hydrogen (secondary N) is 4. The number of alkyl halides is 2. The van der Waals surface area contributed by atoms with Gasteiger partial charge in [0.2, 0.25) is 41.4 Å². The van der Waals surface area contributed by atoms with Crippen LogP contribution >= 0.6 is 30.3 Å². The molecule has 0 saturated carbocycles. The van der Waals surface area contributed by atoms with Crippen LogP contribution in [0.4, 0.5) is 8.78 Å². The largest absolute Gasteiger partial charge is 0.399 e. The summed E-state index contributed by atoms with van der Waals surface area (Å²) in [6.07, 6.45) is 1.48. The summed E-state index contributed by atoms with van der Waals surface area (Å²) in [6.45, 7) is 14.7. The van der Waals surface area contributed by atoms with Gasteiger partial charge in [-0.3, -0.25) is 42.9 Å². The third kappa shape index (κ3) is 17.4. The van der Waals surface area contributed by atoms with Crippen LogP contribution in [0.1, 0.15) is 144 Å². The highest BCUT2D eigenvalue weighted by Gasteiger charge is 2.51. The standard InChI is InChI=1S/C65H84F2N9O13PS2/c1-39(41-20-22-43(23-21-41)55-40(2)69-38-91-55)70-58(81)47-33-46(77)35-76(47)62(85)56(63(3,4)5)71-52(78)19-15-10-9-11-16-26-68-53(79)34-54(80)73-27-28-75(48(36-73)60(83)74-29-30-89-49(37-74)42-17-13-12-14-18-42)61(84)57(64(6,7)8)72-59(82)51-32-44-31-45(24-25-50(44)92-51)65(66,67)90(86,87)88/h12-14,17-18,20-25,31-32,38-39,46-49,56-57,77H,9-11,15-16,19,26-30,33-37H2,1-8H3,(H,68,79)(H,70,81)(H,71,78)(H,72,82)(H2,86,87,88)/t39-,46+,47-,48?,49?,56?,57?/m0/s1. The fourth-order valence-electron chi connectivity index (χ4n) is 11.7. The van der Waals surface area contributed by atoms with Gasteiger partial charge in [-0.1, -0.05) is 121 Å². The van der Waals surface area contributed by atoms with Gasteiger partial charge in [0.1, 0.15) is 36.7 Å². The average molecular weight is 1330 g/mol. The van der Waals surface area contributed by atoms with Gasteiger partial charge in [0.05, 0.1) is 52.8 Å². The summed E-state index contributed by atoms with van der Waals surface area (Å²) in [5.74, 6) is -4.11. The summed E-state index contributed by atoms with van der Waals surface area (Å²) in [5.41, 5.74) is -1.66. The molecule has 7 atom stereocenters. The van der Waals surface area contributed by atoms with E-state index in [2.05, 4.69) is 26.3 Å². The molecule has 5 aromatic rings. The highest BCUT2D eigenvalue weighted by Crippen LogP contribution is 2.59. The van der Waals surface area contributed by atoms with E-state index in [4.69, 9.17) is 4.74 Å². The van der Waals surface area contributed by atoms with Gasteiger partial charge in [0, 0.05) is 55.8 Å². The van der Waals surface area contributed by atoms with E-state index in [0.717, 1.165) is 57.2 Å². The van der Waals surface area contributed by atoms with Gasteiger partial charge in [-0.05, 0) is 77.8 Å². The molecule has 27 heteroatoms. The maximum absolute atomic E-state index is 14.9. The monoisotopic (exact) mass is 1330 g/mol. The van der Waals surface area contributed by atoms with E-state index in [0.29, 0.717) is 30.4 Å². The number of likely N-dealkylation sites (tertiary alicyclic amines) is 1. The lowest BCUT2D eigenvalue weighted by Crippen LogP contribution is -2.66. The van der Waals surface area contributed by atoms with Crippen LogP contribution in [0, 0.1) is 17.8 Å². The molecular weight excluding hydrogens is 1250 g/mol. The maximum atomic E-state index is 14.9. The zero-order valence-electron chi connectivity index (χ0n) is 53.1. The van der Waals surface area contributed by atoms with Gasteiger partial charge in [0.25, 0.3) is 5.91 Å². The van der Waals surface area contributed by atoms with Crippen molar-refractivity contribution >= 4 is 87.6 Å². The maximum Gasteiger partial charge on any atom is 0.399 e. The number of hydrogen-bond donors (Lipinski definition) is 7. The van der Waals surface area contributed by atoms with E-state index >= 15 is 0 Å². The van der Waals surface area contributed by atoms with Crippen molar-refractivity contribution < 1.29 is 71.3 Å². The van der Waals surface area contributed by atoms with Crippen molar-refractivity contribution in [1.29, 1.82) is 0 Å². The number of unbranched alkanes of at least 4 members (excludes halogenated alkanes) is 4. The van der Waals surface area contributed by atoms with Crippen LogP contribution in [0.25, 0.3) is 20.5 Å². The highest BCUT2D eigenvalue weighted by atomic mass is 32.1. The molecule has 498 valence electrons. The van der Waals surface area contributed by atoms with Crippen molar-refractivity contribution in [1.82, 2.24) is 45.9 Å². The van der Waals surface area contributed by atoms with E-state index < -0.39 is 114 Å². The predicted molar refractivity (Wildman–Crippen MR) is 344 cm³/mol. The van der Waals surface area contributed by atoms with Gasteiger partial charge in [0.15, 0.2) is 0 Å². The lowest BCUT2D eigenvalue weighted by Gasteiger charge is -2.45. The van der Waals surface area contributed by atoms with E-state index in [9.17, 15) is 66.6 Å². The molecule has 0 aliphatic carbocycles. The fraction of sp³-hybridized carbons (Fsp3) is 0.523. The Morgan fingerprint density at radius 2 is 1.41 bits per heavy atom. The van der Waals surface area contributed by atoms with E-state index in [1.807, 2.05) is 89.2 Å². The number of β-amino-alcohol motifs (C(OH)–C–C–N with tert-alkyl or cyclic N) is 1. The lowest BCUT2D eigenvalue weighted by atomic mass is 9.85. The predicted octanol–water partition coefficient (Wildman–Crippen LogP) is 7.56. The normalized spacial score (nSPS) is 19.3. The number of morpholine rings is 1. The fourth-order valence-corrected chi connectivity index (χ4v) is 13.9. The molecule has 0 spiro atoms. The Labute approximate surface area is 542 Å². The Kier molecular flexibility index (Phi) is 23.0. The number of amides is 8. The number of aryl methyl sites for hydroxylation is 1. The molecule has 3 aliphatic heterocycles. The Hall–Kier alpha value is -7.06. The van der Waals surface area contributed by atoms with Gasteiger partial charge in [-0.25, -0.2) is 4.98 Å². The van der Waals surface area contributed by atoms with Gasteiger partial charge in [-0.2, -0.15) is 8.78 Å². The molecule has 22 nitrogen and oxygen atoms in total. The Bertz CT molecular complexity index is 3540. The number of thiazole rings is 1. The molecule has 3 aliphatic rings. The zero-order valence-corrected chi connectivity index (χ0v) is 55.6. The van der Waals surface area contributed by atoms with Crippen molar-refractivity contribution in [2.75, 3.05) is 52.4 Å². The molecule has 3 fully saturated rings. The minimum Gasteiger partial charge on any atom is -0.391 e. The highest BCUT2D eigenvalue weighted by molar-refractivity contribution is 7.52. The number of nitrogens with zero attached hydrogens (tertiary/aromatic N) is 5. The van der Waals surface area contributed by atoms with Crippen LogP contribution in [0.3, 0.4) is 0 Å². The summed E-state index contributed by atoms with van der Waals surface area (Å²) in [4.78, 5) is 142. The number of carbonyl (C=O) groups excluding carboxylic acids is 8. The van der Waals surface area contributed by atoms with Crippen LogP contribution < -0.4 is 21.3 Å². The van der Waals surface area contributed by atoms with Crippen molar-refractivity contribution in [3.05, 3.63) is 112 Å². The quantitative estimate of drug-likeness (QED) is 0.0189. The topological polar surface area (TPSA) is 298 Å². The molecular formula is C65H84F2N9O13PS2. The first-order chi connectivity index (χ1) is 43.3. The number of carbonyl (C=O) groups is 8. The molecule has 3 aromatic carbocycles. The first kappa shape index (κ1) is 70.8. The number of rotatable bonds is 23. The van der Waals surface area contributed by atoms with Crippen molar-refractivity contribution in [3.63, 3.8) is 0 Å². The number of aliphatic hydroxyl groups excluding tert-OH is 1. The molecule has 0 bridgehead atoms. The molecule has 8 rings (SSSR count). The minimum absolute atomic E-state index is 0.0209. The Morgan fingerprint density at radius 3 is 2.08 bits per heavy atom. The molecule has 5 heterocycles. The van der Waals surface area contributed by atoms with Crippen LogP contribution in [-0.2, 0) is 48.5 Å². The number of thiophene rings is 1. The van der Waals surface area contributed by atoms with Gasteiger partial charge in [-0.15, -0.1) is 22.7 Å². The first-order valence-corrected chi connectivity index (χ1v) is 34.3. The van der Waals surface area contributed by atoms with Crippen LogP contribution in [-0.4, -0.2) is 169 Å². The SMILES string of the molecule is Cc1ncsc1-c1ccc([C@H](C)NC(=O)[C@@H]2C[C@@H](O)CN2C(=O)C(NC(=O)CCCCCCCNC(=O)CC(=O)N2CCN(C(=O)C(NC(=O)c3cc4cc(C(F)(F)P(=O)(O)O)ccc4s3)C(C)(C)C)C(C(=O)N3CCOC(c4ccccc4)C3)C2)C(C)(C)C)cc1. The average Bonchev–Trinajstić information content (AvgIpc) is 1.28. The molecule has 92 heavy (non-hydrogen) atoms. The van der Waals surface area contributed by atoms with E-state index in [-0.39, 0.29) is 87.5 Å². The van der Waals surface area contributed by atoms with Crippen molar-refractivity contribution in [2.45, 2.75) is 155 Å². The number of aliphatic hydroxyl groups is 1.